The van der Waals surface area contributed by atoms with Gasteiger partial charge in [0.15, 0.2) is 5.65 Å². The van der Waals surface area contributed by atoms with Crippen LogP contribution >= 0.6 is 0 Å². The van der Waals surface area contributed by atoms with Gasteiger partial charge in [0.05, 0.1) is 6.20 Å². The minimum Gasteiger partial charge on any atom is -0.312 e. The predicted octanol–water partition coefficient (Wildman–Crippen LogP) is 1.81. The van der Waals surface area contributed by atoms with E-state index in [-0.39, 0.29) is 0 Å². The number of pyridine rings is 1. The topological polar surface area (TPSA) is 46.0 Å². The van der Waals surface area contributed by atoms with Crippen molar-refractivity contribution >= 4 is 11.0 Å². The molecule has 5 nitrogen and oxygen atoms in total. The van der Waals surface area contributed by atoms with Crippen LogP contribution in [0.2, 0.25) is 0 Å². The number of piperazine rings is 1. The number of nitrogens with one attached hydrogen (secondary N) is 1. The molecule has 1 saturated heterocycles. The van der Waals surface area contributed by atoms with E-state index < -0.39 is 0 Å². The summed E-state index contributed by atoms with van der Waals surface area (Å²) in [6.45, 7) is 10.7. The van der Waals surface area contributed by atoms with Gasteiger partial charge in [0.25, 0.3) is 0 Å². The summed E-state index contributed by atoms with van der Waals surface area (Å²) in [7, 11) is 0. The molecule has 1 fully saturated rings. The van der Waals surface area contributed by atoms with Crippen LogP contribution in [0.5, 0.6) is 0 Å². The predicted molar refractivity (Wildman–Crippen MR) is 80.7 cm³/mol. The normalized spacial score (nSPS) is 20.9. The van der Waals surface area contributed by atoms with Gasteiger partial charge < -0.3 is 5.32 Å². The molecule has 5 heteroatoms. The molecule has 20 heavy (non-hydrogen) atoms. The molecule has 0 spiro atoms. The third-order valence-electron chi connectivity index (χ3n) is 3.84. The summed E-state index contributed by atoms with van der Waals surface area (Å²) in [5.74, 6) is 0. The van der Waals surface area contributed by atoms with Crippen LogP contribution in [-0.4, -0.2) is 45.3 Å². The van der Waals surface area contributed by atoms with Crippen LogP contribution in [0.4, 0.5) is 0 Å². The highest BCUT2D eigenvalue weighted by atomic mass is 15.3. The third-order valence-corrected chi connectivity index (χ3v) is 3.84. The summed E-state index contributed by atoms with van der Waals surface area (Å²) in [6, 6.07) is 3.14. The van der Waals surface area contributed by atoms with E-state index in [1.165, 1.54) is 5.56 Å². The molecule has 108 valence electrons. The standard InChI is InChI=1S/C15H23N5/c1-11(2)20-15-14(8-18-20)6-13(7-17-15)10-19-5-4-16-12(3)9-19/h6-8,11-12,16H,4-5,9-10H2,1-3H3. The molecule has 0 bridgehead atoms. The fourth-order valence-electron chi connectivity index (χ4n) is 2.86. The molecule has 1 N–H and O–H groups in total. The first-order valence-corrected chi connectivity index (χ1v) is 7.41. The second-order valence-corrected chi connectivity index (χ2v) is 6.03. The van der Waals surface area contributed by atoms with Crippen LogP contribution in [0.15, 0.2) is 18.5 Å². The molecule has 0 amide bonds. The summed E-state index contributed by atoms with van der Waals surface area (Å²) < 4.78 is 1.98. The van der Waals surface area contributed by atoms with Gasteiger partial charge in [-0.1, -0.05) is 0 Å². The third kappa shape index (κ3) is 2.69. The molecule has 0 aromatic carbocycles. The molecular weight excluding hydrogens is 250 g/mol. The van der Waals surface area contributed by atoms with Gasteiger partial charge in [0.1, 0.15) is 0 Å². The van der Waals surface area contributed by atoms with E-state index in [1.54, 1.807) is 0 Å². The monoisotopic (exact) mass is 273 g/mol. The fourth-order valence-corrected chi connectivity index (χ4v) is 2.86. The zero-order valence-electron chi connectivity index (χ0n) is 12.5. The van der Waals surface area contributed by atoms with Gasteiger partial charge in [-0.05, 0) is 32.4 Å². The highest BCUT2D eigenvalue weighted by Crippen LogP contribution is 2.17. The molecule has 0 aliphatic carbocycles. The van der Waals surface area contributed by atoms with Crippen molar-refractivity contribution in [1.29, 1.82) is 0 Å². The fraction of sp³-hybridized carbons (Fsp3) is 0.600. The molecule has 3 rings (SSSR count). The zero-order valence-corrected chi connectivity index (χ0v) is 12.5. The average molecular weight is 273 g/mol. The van der Waals surface area contributed by atoms with E-state index in [1.807, 2.05) is 17.1 Å². The molecule has 0 radical (unpaired) electrons. The van der Waals surface area contributed by atoms with Gasteiger partial charge in [-0.15, -0.1) is 0 Å². The van der Waals surface area contributed by atoms with Crippen LogP contribution < -0.4 is 5.32 Å². The second-order valence-electron chi connectivity index (χ2n) is 6.03. The Morgan fingerprint density at radius 1 is 1.40 bits per heavy atom. The number of nitrogens with zero attached hydrogens (tertiary/aromatic N) is 4. The van der Waals surface area contributed by atoms with E-state index >= 15 is 0 Å². The van der Waals surface area contributed by atoms with Crippen molar-refractivity contribution in [3.8, 4) is 0 Å². The molecule has 1 atom stereocenters. The minimum absolute atomic E-state index is 0.347. The summed E-state index contributed by atoms with van der Waals surface area (Å²) in [5.41, 5.74) is 2.26. The lowest BCUT2D eigenvalue weighted by atomic mass is 10.2. The molecule has 1 unspecified atom stereocenters. The van der Waals surface area contributed by atoms with Crippen LogP contribution in [0.25, 0.3) is 11.0 Å². The smallest absolute Gasteiger partial charge is 0.157 e. The van der Waals surface area contributed by atoms with Crippen LogP contribution in [-0.2, 0) is 6.54 Å². The maximum atomic E-state index is 4.61. The molecule has 3 heterocycles. The summed E-state index contributed by atoms with van der Waals surface area (Å²) >= 11 is 0. The number of aromatic nitrogens is 3. The number of fused-ring (bicyclic) bond motifs is 1. The molecule has 0 saturated carbocycles. The van der Waals surface area contributed by atoms with Crippen LogP contribution in [0.1, 0.15) is 32.4 Å². The highest BCUT2D eigenvalue weighted by Gasteiger charge is 2.16. The Labute approximate surface area is 120 Å². The van der Waals surface area contributed by atoms with E-state index in [0.717, 1.165) is 37.2 Å². The molecule has 2 aromatic heterocycles. The molecule has 1 aliphatic rings. The van der Waals surface area contributed by atoms with E-state index in [0.29, 0.717) is 12.1 Å². The van der Waals surface area contributed by atoms with Crippen molar-refractivity contribution in [2.24, 2.45) is 0 Å². The number of hydrogen-bond acceptors (Lipinski definition) is 4. The largest absolute Gasteiger partial charge is 0.312 e. The second kappa shape index (κ2) is 5.50. The SMILES string of the molecule is CC1CN(Cc2cnc3c(cnn3C(C)C)c2)CCN1. The Morgan fingerprint density at radius 2 is 2.25 bits per heavy atom. The lowest BCUT2D eigenvalue weighted by Gasteiger charge is -2.31. The quantitative estimate of drug-likeness (QED) is 0.926. The van der Waals surface area contributed by atoms with E-state index in [2.05, 4.69) is 47.1 Å². The Bertz CT molecular complexity index is 589. The first-order chi connectivity index (χ1) is 9.63. The summed E-state index contributed by atoms with van der Waals surface area (Å²) in [6.07, 6.45) is 3.92. The van der Waals surface area contributed by atoms with Gasteiger partial charge in [-0.25, -0.2) is 9.67 Å². The lowest BCUT2D eigenvalue weighted by molar-refractivity contribution is 0.199. The first-order valence-electron chi connectivity index (χ1n) is 7.41. The van der Waals surface area contributed by atoms with Crippen molar-refractivity contribution < 1.29 is 0 Å². The van der Waals surface area contributed by atoms with Crippen molar-refractivity contribution in [1.82, 2.24) is 25.0 Å². The Kier molecular flexibility index (Phi) is 3.72. The van der Waals surface area contributed by atoms with Gasteiger partial charge in [0, 0.05) is 49.8 Å². The molecule has 1 aliphatic heterocycles. The maximum Gasteiger partial charge on any atom is 0.157 e. The van der Waals surface area contributed by atoms with Crippen LogP contribution in [0.3, 0.4) is 0 Å². The van der Waals surface area contributed by atoms with Gasteiger partial charge >= 0.3 is 0 Å². The average Bonchev–Trinajstić information content (AvgIpc) is 2.82. The Morgan fingerprint density at radius 3 is 3.00 bits per heavy atom. The first kappa shape index (κ1) is 13.5. The Hall–Kier alpha value is -1.46. The zero-order chi connectivity index (χ0) is 14.1. The maximum absolute atomic E-state index is 4.61. The van der Waals surface area contributed by atoms with Crippen molar-refractivity contribution in [3.05, 3.63) is 24.0 Å². The Balaban J connectivity index is 1.79. The van der Waals surface area contributed by atoms with E-state index in [4.69, 9.17) is 0 Å². The van der Waals surface area contributed by atoms with Gasteiger partial charge in [-0.2, -0.15) is 5.10 Å². The number of hydrogen-bond donors (Lipinski definition) is 1. The minimum atomic E-state index is 0.347. The van der Waals surface area contributed by atoms with Gasteiger partial charge in [0.2, 0.25) is 0 Å². The van der Waals surface area contributed by atoms with Gasteiger partial charge in [-0.3, -0.25) is 4.90 Å². The van der Waals surface area contributed by atoms with Crippen molar-refractivity contribution in [3.63, 3.8) is 0 Å². The van der Waals surface area contributed by atoms with Crippen LogP contribution in [0, 0.1) is 0 Å². The molecule has 2 aromatic rings. The summed E-state index contributed by atoms with van der Waals surface area (Å²) in [4.78, 5) is 7.09. The van der Waals surface area contributed by atoms with E-state index in [9.17, 15) is 0 Å². The van der Waals surface area contributed by atoms with Crippen molar-refractivity contribution in [2.45, 2.75) is 39.4 Å². The summed E-state index contributed by atoms with van der Waals surface area (Å²) in [5, 5.41) is 9.04. The lowest BCUT2D eigenvalue weighted by Crippen LogP contribution is -2.48. The molecular formula is C15H23N5. The van der Waals surface area contributed by atoms with Crippen molar-refractivity contribution in [2.75, 3.05) is 19.6 Å². The highest BCUT2D eigenvalue weighted by molar-refractivity contribution is 5.75. The number of rotatable bonds is 3.